The fourth-order valence-electron chi connectivity index (χ4n) is 1.67. The summed E-state index contributed by atoms with van der Waals surface area (Å²) in [4.78, 5) is 0. The summed E-state index contributed by atoms with van der Waals surface area (Å²) in [5, 5.41) is 3.42. The Morgan fingerprint density at radius 1 is 1.27 bits per heavy atom. The molecule has 0 spiro atoms. The van der Waals surface area contributed by atoms with E-state index in [4.69, 9.17) is 4.74 Å². The van der Waals surface area contributed by atoms with Crippen LogP contribution in [0.5, 0.6) is 0 Å². The van der Waals surface area contributed by atoms with Crippen LogP contribution in [0, 0.1) is 13.8 Å². The summed E-state index contributed by atoms with van der Waals surface area (Å²) in [6.07, 6.45) is 0. The molecular weight excluding hydrogens is 186 g/mol. The van der Waals surface area contributed by atoms with Crippen molar-refractivity contribution in [2.45, 2.75) is 26.8 Å². The molecule has 84 valence electrons. The second-order valence-corrected chi connectivity index (χ2v) is 3.91. The Hall–Kier alpha value is -0.860. The smallest absolute Gasteiger partial charge is 0.0657 e. The van der Waals surface area contributed by atoms with Crippen LogP contribution in [0.3, 0.4) is 0 Å². The van der Waals surface area contributed by atoms with Crippen molar-refractivity contribution < 1.29 is 4.74 Å². The van der Waals surface area contributed by atoms with Gasteiger partial charge in [-0.15, -0.1) is 0 Å². The molecule has 15 heavy (non-hydrogen) atoms. The zero-order valence-corrected chi connectivity index (χ0v) is 10.1. The first-order valence-corrected chi connectivity index (χ1v) is 5.48. The van der Waals surface area contributed by atoms with Crippen molar-refractivity contribution >= 4 is 0 Å². The number of ether oxygens (including phenoxy) is 1. The molecule has 1 unspecified atom stereocenters. The molecule has 0 aromatic heterocycles. The number of rotatable bonds is 5. The molecule has 1 aromatic rings. The van der Waals surface area contributed by atoms with E-state index in [0.717, 1.165) is 13.2 Å². The van der Waals surface area contributed by atoms with Gasteiger partial charge >= 0.3 is 0 Å². The van der Waals surface area contributed by atoms with Gasteiger partial charge < -0.3 is 10.1 Å². The minimum atomic E-state index is 0.305. The molecule has 2 nitrogen and oxygen atoms in total. The molecule has 1 rings (SSSR count). The van der Waals surface area contributed by atoms with Crippen molar-refractivity contribution in [1.29, 1.82) is 0 Å². The highest BCUT2D eigenvalue weighted by molar-refractivity contribution is 5.31. The number of hydrogen-bond donors (Lipinski definition) is 1. The van der Waals surface area contributed by atoms with Gasteiger partial charge in [0, 0.05) is 7.11 Å². The maximum absolute atomic E-state index is 5.22. The van der Waals surface area contributed by atoms with Gasteiger partial charge in [0.05, 0.1) is 12.6 Å². The Morgan fingerprint density at radius 2 is 2.00 bits per heavy atom. The number of likely N-dealkylation sites (N-methyl/N-ethyl adjacent to an activating group) is 1. The predicted octanol–water partition coefficient (Wildman–Crippen LogP) is 2.60. The van der Waals surface area contributed by atoms with E-state index < -0.39 is 0 Å². The maximum Gasteiger partial charge on any atom is 0.0657 e. The van der Waals surface area contributed by atoms with E-state index >= 15 is 0 Å². The van der Waals surface area contributed by atoms with Gasteiger partial charge in [0.15, 0.2) is 0 Å². The minimum absolute atomic E-state index is 0.305. The van der Waals surface area contributed by atoms with Gasteiger partial charge in [-0.05, 0) is 37.1 Å². The summed E-state index contributed by atoms with van der Waals surface area (Å²) >= 11 is 0. The van der Waals surface area contributed by atoms with E-state index in [9.17, 15) is 0 Å². The summed E-state index contributed by atoms with van der Waals surface area (Å²) < 4.78 is 5.22. The molecule has 0 aliphatic carbocycles. The number of nitrogens with one attached hydrogen (secondary N) is 1. The molecule has 0 amide bonds. The van der Waals surface area contributed by atoms with Gasteiger partial charge in [-0.25, -0.2) is 0 Å². The van der Waals surface area contributed by atoms with Gasteiger partial charge in [-0.3, -0.25) is 0 Å². The summed E-state index contributed by atoms with van der Waals surface area (Å²) in [5.74, 6) is 0. The SMILES string of the molecule is CCNC(COC)c1ccc(C)c(C)c1. The Balaban J connectivity index is 2.85. The van der Waals surface area contributed by atoms with Crippen LogP contribution < -0.4 is 5.32 Å². The lowest BCUT2D eigenvalue weighted by molar-refractivity contribution is 0.168. The first kappa shape index (κ1) is 12.2. The van der Waals surface area contributed by atoms with E-state index in [1.807, 2.05) is 0 Å². The van der Waals surface area contributed by atoms with E-state index in [-0.39, 0.29) is 0 Å². The van der Waals surface area contributed by atoms with E-state index in [2.05, 4.69) is 44.3 Å². The molecule has 0 radical (unpaired) electrons. The number of benzene rings is 1. The largest absolute Gasteiger partial charge is 0.383 e. The molecule has 1 N–H and O–H groups in total. The molecule has 0 saturated carbocycles. The predicted molar refractivity (Wildman–Crippen MR) is 64.2 cm³/mol. The molecule has 0 bridgehead atoms. The Morgan fingerprint density at radius 3 is 2.53 bits per heavy atom. The second kappa shape index (κ2) is 5.89. The van der Waals surface area contributed by atoms with E-state index in [1.165, 1.54) is 16.7 Å². The third kappa shape index (κ3) is 3.33. The molecule has 0 fully saturated rings. The average Bonchev–Trinajstić information content (AvgIpc) is 2.22. The highest BCUT2D eigenvalue weighted by Crippen LogP contribution is 2.17. The highest BCUT2D eigenvalue weighted by Gasteiger charge is 2.09. The van der Waals surface area contributed by atoms with Gasteiger partial charge in [0.1, 0.15) is 0 Å². The fourth-order valence-corrected chi connectivity index (χ4v) is 1.67. The summed E-state index contributed by atoms with van der Waals surface area (Å²) in [6, 6.07) is 6.89. The van der Waals surface area contributed by atoms with Crippen molar-refractivity contribution in [3.8, 4) is 0 Å². The van der Waals surface area contributed by atoms with Crippen molar-refractivity contribution in [1.82, 2.24) is 5.32 Å². The second-order valence-electron chi connectivity index (χ2n) is 3.91. The molecular formula is C13H21NO. The van der Waals surface area contributed by atoms with Gasteiger partial charge in [-0.1, -0.05) is 25.1 Å². The van der Waals surface area contributed by atoms with Crippen LogP contribution in [-0.2, 0) is 4.74 Å². The molecule has 2 heteroatoms. The van der Waals surface area contributed by atoms with Crippen molar-refractivity contribution in [2.24, 2.45) is 0 Å². The molecule has 1 atom stereocenters. The van der Waals surface area contributed by atoms with Gasteiger partial charge in [0.2, 0.25) is 0 Å². The van der Waals surface area contributed by atoms with Crippen LogP contribution in [0.1, 0.15) is 29.7 Å². The van der Waals surface area contributed by atoms with Crippen LogP contribution in [0.15, 0.2) is 18.2 Å². The lowest BCUT2D eigenvalue weighted by atomic mass is 10.0. The molecule has 0 aliphatic heterocycles. The third-order valence-electron chi connectivity index (χ3n) is 2.72. The topological polar surface area (TPSA) is 21.3 Å². The maximum atomic E-state index is 5.22. The van der Waals surface area contributed by atoms with Crippen LogP contribution in [0.2, 0.25) is 0 Å². The number of aryl methyl sites for hydroxylation is 2. The lowest BCUT2D eigenvalue weighted by Gasteiger charge is -2.18. The van der Waals surface area contributed by atoms with Crippen molar-refractivity contribution in [3.63, 3.8) is 0 Å². The standard InChI is InChI=1S/C13H21NO/c1-5-14-13(9-15-4)12-7-6-10(2)11(3)8-12/h6-8,13-14H,5,9H2,1-4H3. The summed E-state index contributed by atoms with van der Waals surface area (Å²) in [5.41, 5.74) is 3.99. The third-order valence-corrected chi connectivity index (χ3v) is 2.72. The average molecular weight is 207 g/mol. The molecule has 1 aromatic carbocycles. The van der Waals surface area contributed by atoms with E-state index in [0.29, 0.717) is 6.04 Å². The first-order valence-electron chi connectivity index (χ1n) is 5.48. The minimum Gasteiger partial charge on any atom is -0.383 e. The quantitative estimate of drug-likeness (QED) is 0.801. The molecule has 0 aliphatic rings. The fraction of sp³-hybridized carbons (Fsp3) is 0.538. The number of hydrogen-bond acceptors (Lipinski definition) is 2. The zero-order valence-electron chi connectivity index (χ0n) is 10.1. The van der Waals surface area contributed by atoms with E-state index in [1.54, 1.807) is 7.11 Å². The number of methoxy groups -OCH3 is 1. The van der Waals surface area contributed by atoms with Crippen molar-refractivity contribution in [3.05, 3.63) is 34.9 Å². The van der Waals surface area contributed by atoms with Crippen LogP contribution >= 0.6 is 0 Å². The zero-order chi connectivity index (χ0) is 11.3. The van der Waals surface area contributed by atoms with Crippen LogP contribution in [0.4, 0.5) is 0 Å². The lowest BCUT2D eigenvalue weighted by Crippen LogP contribution is -2.24. The van der Waals surface area contributed by atoms with Gasteiger partial charge in [0.25, 0.3) is 0 Å². The summed E-state index contributed by atoms with van der Waals surface area (Å²) in [6.45, 7) is 8.08. The Kier molecular flexibility index (Phi) is 4.79. The molecule has 0 heterocycles. The monoisotopic (exact) mass is 207 g/mol. The van der Waals surface area contributed by atoms with Gasteiger partial charge in [-0.2, -0.15) is 0 Å². The van der Waals surface area contributed by atoms with Crippen molar-refractivity contribution in [2.75, 3.05) is 20.3 Å². The van der Waals surface area contributed by atoms with Crippen LogP contribution in [-0.4, -0.2) is 20.3 Å². The first-order chi connectivity index (χ1) is 7.19. The highest BCUT2D eigenvalue weighted by atomic mass is 16.5. The Labute approximate surface area is 92.6 Å². The summed E-state index contributed by atoms with van der Waals surface area (Å²) in [7, 11) is 1.74. The molecule has 0 saturated heterocycles. The Bertz CT molecular complexity index is 303. The normalized spacial score (nSPS) is 12.8. The van der Waals surface area contributed by atoms with Crippen LogP contribution in [0.25, 0.3) is 0 Å².